The third kappa shape index (κ3) is 4.49. The lowest BCUT2D eigenvalue weighted by Gasteiger charge is -2.08. The molecule has 0 fully saturated rings. The predicted molar refractivity (Wildman–Crippen MR) is 113 cm³/mol. The van der Waals surface area contributed by atoms with Gasteiger partial charge in [-0.2, -0.15) is 0 Å². The highest BCUT2D eigenvalue weighted by Crippen LogP contribution is 2.14. The van der Waals surface area contributed by atoms with Gasteiger partial charge in [-0.25, -0.2) is 4.98 Å². The molecule has 2 amide bonds. The number of carbonyl (C=O) groups excluding carboxylic acids is 2. The average molecular weight is 450 g/mol. The summed E-state index contributed by atoms with van der Waals surface area (Å²) in [5.74, 6) is -0.535. The van der Waals surface area contributed by atoms with Crippen molar-refractivity contribution in [3.8, 4) is 0 Å². The molecule has 144 valence electrons. The van der Waals surface area contributed by atoms with E-state index in [1.54, 1.807) is 42.6 Å². The van der Waals surface area contributed by atoms with Gasteiger partial charge in [-0.15, -0.1) is 0 Å². The van der Waals surface area contributed by atoms with Gasteiger partial charge >= 0.3 is 0 Å². The van der Waals surface area contributed by atoms with Crippen molar-refractivity contribution in [1.29, 1.82) is 0 Å². The Balaban J connectivity index is 1.42. The Labute approximate surface area is 174 Å². The van der Waals surface area contributed by atoms with Crippen LogP contribution in [0.15, 0.2) is 77.8 Å². The van der Waals surface area contributed by atoms with Gasteiger partial charge in [0, 0.05) is 40.5 Å². The molecule has 0 aliphatic rings. The van der Waals surface area contributed by atoms with Gasteiger partial charge in [0.25, 0.3) is 11.8 Å². The zero-order valence-corrected chi connectivity index (χ0v) is 16.8. The first-order chi connectivity index (χ1) is 14.1. The highest BCUT2D eigenvalue weighted by atomic mass is 79.9. The third-order valence-corrected chi connectivity index (χ3v) is 4.67. The molecule has 8 heteroatoms. The lowest BCUT2D eigenvalue weighted by atomic mass is 10.1. The monoisotopic (exact) mass is 449 g/mol. The number of nitrogens with one attached hydrogen (secondary N) is 2. The Morgan fingerprint density at radius 3 is 2.69 bits per heavy atom. The van der Waals surface area contributed by atoms with Crippen LogP contribution in [-0.4, -0.2) is 26.2 Å². The summed E-state index contributed by atoms with van der Waals surface area (Å²) in [4.78, 5) is 33.2. The van der Waals surface area contributed by atoms with Crippen LogP contribution in [-0.2, 0) is 6.54 Å². The fourth-order valence-electron chi connectivity index (χ4n) is 2.81. The molecular weight excluding hydrogens is 434 g/mol. The highest BCUT2D eigenvalue weighted by molar-refractivity contribution is 9.10. The summed E-state index contributed by atoms with van der Waals surface area (Å²) >= 11 is 3.42. The summed E-state index contributed by atoms with van der Waals surface area (Å²) in [6, 6.07) is 13.9. The molecule has 2 N–H and O–H groups in total. The van der Waals surface area contributed by atoms with Crippen LogP contribution in [0.2, 0.25) is 0 Å². The van der Waals surface area contributed by atoms with Gasteiger partial charge in [-0.1, -0.05) is 6.07 Å². The molecule has 0 unspecified atom stereocenters. The van der Waals surface area contributed by atoms with Gasteiger partial charge in [0.15, 0.2) is 0 Å². The maximum Gasteiger partial charge on any atom is 0.257 e. The lowest BCUT2D eigenvalue weighted by molar-refractivity contribution is 0.0949. The Morgan fingerprint density at radius 1 is 1.00 bits per heavy atom. The summed E-state index contributed by atoms with van der Waals surface area (Å²) in [6.45, 7) is 0.296. The number of nitrogens with zero attached hydrogens (tertiary/aromatic N) is 3. The van der Waals surface area contributed by atoms with Gasteiger partial charge in [-0.3, -0.25) is 14.6 Å². The van der Waals surface area contributed by atoms with E-state index >= 15 is 0 Å². The van der Waals surface area contributed by atoms with Gasteiger partial charge in [-0.05, 0) is 58.4 Å². The van der Waals surface area contributed by atoms with Crippen molar-refractivity contribution >= 4 is 39.1 Å². The maximum atomic E-state index is 12.5. The highest BCUT2D eigenvalue weighted by Gasteiger charge is 2.10. The Bertz CT molecular complexity index is 1190. The molecule has 7 nitrogen and oxygen atoms in total. The van der Waals surface area contributed by atoms with E-state index in [1.807, 2.05) is 28.9 Å². The van der Waals surface area contributed by atoms with Crippen molar-refractivity contribution in [2.24, 2.45) is 0 Å². The molecule has 0 atom stereocenters. The molecule has 0 aliphatic heterocycles. The molecule has 0 spiro atoms. The van der Waals surface area contributed by atoms with E-state index < -0.39 is 0 Å². The number of carbonyl (C=O) groups is 2. The number of hydrogen-bond donors (Lipinski definition) is 2. The van der Waals surface area contributed by atoms with Crippen LogP contribution in [0.4, 0.5) is 5.69 Å². The molecule has 0 radical (unpaired) electrons. The van der Waals surface area contributed by atoms with E-state index in [-0.39, 0.29) is 11.8 Å². The zero-order valence-electron chi connectivity index (χ0n) is 15.2. The van der Waals surface area contributed by atoms with Gasteiger partial charge in [0.05, 0.1) is 17.8 Å². The molecule has 0 saturated carbocycles. The SMILES string of the molecule is O=C(NCc1cn2cc(Br)ccc2n1)c1cccc(NC(=O)c2cccnc2)c1. The van der Waals surface area contributed by atoms with E-state index in [0.717, 1.165) is 15.8 Å². The quantitative estimate of drug-likeness (QED) is 0.486. The summed E-state index contributed by atoms with van der Waals surface area (Å²) in [5.41, 5.74) is 2.97. The van der Waals surface area contributed by atoms with Crippen molar-refractivity contribution in [3.63, 3.8) is 0 Å². The van der Waals surface area contributed by atoms with Gasteiger partial charge in [0.1, 0.15) is 5.65 Å². The number of rotatable bonds is 5. The smallest absolute Gasteiger partial charge is 0.257 e. The van der Waals surface area contributed by atoms with E-state index in [9.17, 15) is 9.59 Å². The first-order valence-electron chi connectivity index (χ1n) is 8.81. The van der Waals surface area contributed by atoms with Gasteiger partial charge < -0.3 is 15.0 Å². The van der Waals surface area contributed by atoms with Crippen molar-refractivity contribution < 1.29 is 9.59 Å². The average Bonchev–Trinajstić information content (AvgIpc) is 3.15. The molecule has 0 bridgehead atoms. The van der Waals surface area contributed by atoms with E-state index in [1.165, 1.54) is 6.20 Å². The van der Waals surface area contributed by atoms with Crippen LogP contribution < -0.4 is 10.6 Å². The predicted octanol–water partition coefficient (Wildman–Crippen LogP) is 3.67. The molecule has 29 heavy (non-hydrogen) atoms. The summed E-state index contributed by atoms with van der Waals surface area (Å²) in [6.07, 6.45) is 6.86. The van der Waals surface area contributed by atoms with Crippen molar-refractivity contribution in [2.75, 3.05) is 5.32 Å². The lowest BCUT2D eigenvalue weighted by Crippen LogP contribution is -2.23. The molecule has 3 aromatic heterocycles. The largest absolute Gasteiger partial charge is 0.346 e. The zero-order chi connectivity index (χ0) is 20.2. The number of imidazole rings is 1. The standard InChI is InChI=1S/C21H16BrN5O2/c22-16-6-7-19-25-18(13-27(19)12-16)11-24-20(28)14-3-1-5-17(9-14)26-21(29)15-4-2-8-23-10-15/h1-10,12-13H,11H2,(H,24,28)(H,26,29). The van der Waals surface area contributed by atoms with E-state index in [4.69, 9.17) is 0 Å². The van der Waals surface area contributed by atoms with Gasteiger partial charge in [0.2, 0.25) is 0 Å². The number of hydrogen-bond acceptors (Lipinski definition) is 4. The molecule has 0 saturated heterocycles. The molecule has 4 rings (SSSR count). The van der Waals surface area contributed by atoms with Crippen molar-refractivity contribution in [2.45, 2.75) is 6.54 Å². The minimum Gasteiger partial charge on any atom is -0.346 e. The van der Waals surface area contributed by atoms with Crippen molar-refractivity contribution in [3.05, 3.63) is 94.6 Å². The third-order valence-electron chi connectivity index (χ3n) is 4.20. The summed E-state index contributed by atoms with van der Waals surface area (Å²) < 4.78 is 2.84. The number of amides is 2. The van der Waals surface area contributed by atoms with Crippen LogP contribution in [0.3, 0.4) is 0 Å². The molecule has 0 aliphatic carbocycles. The second-order valence-corrected chi connectivity index (χ2v) is 7.22. The Morgan fingerprint density at radius 2 is 1.86 bits per heavy atom. The van der Waals surface area contributed by atoms with Crippen LogP contribution in [0.5, 0.6) is 0 Å². The van der Waals surface area contributed by atoms with Crippen molar-refractivity contribution in [1.82, 2.24) is 19.7 Å². The fraction of sp³-hybridized carbons (Fsp3) is 0.0476. The van der Waals surface area contributed by atoms with E-state index in [2.05, 4.69) is 36.5 Å². The number of fused-ring (bicyclic) bond motifs is 1. The molecule has 1 aromatic carbocycles. The van der Waals surface area contributed by atoms with E-state index in [0.29, 0.717) is 23.4 Å². The Hall–Kier alpha value is -3.52. The van der Waals surface area contributed by atoms with Crippen LogP contribution >= 0.6 is 15.9 Å². The molecular formula is C21H16BrN5O2. The minimum atomic E-state index is -0.286. The first-order valence-corrected chi connectivity index (χ1v) is 9.60. The number of aromatic nitrogens is 3. The maximum absolute atomic E-state index is 12.5. The number of pyridine rings is 2. The summed E-state index contributed by atoms with van der Waals surface area (Å²) in [7, 11) is 0. The number of benzene rings is 1. The molecule has 3 heterocycles. The van der Waals surface area contributed by atoms with Crippen LogP contribution in [0, 0.1) is 0 Å². The Kier molecular flexibility index (Phi) is 5.35. The topological polar surface area (TPSA) is 88.4 Å². The minimum absolute atomic E-state index is 0.249. The molecule has 4 aromatic rings. The number of halogens is 1. The second kappa shape index (κ2) is 8.24. The summed E-state index contributed by atoms with van der Waals surface area (Å²) in [5, 5.41) is 5.63. The van der Waals surface area contributed by atoms with Crippen LogP contribution in [0.25, 0.3) is 5.65 Å². The fourth-order valence-corrected chi connectivity index (χ4v) is 3.17. The van der Waals surface area contributed by atoms with Crippen LogP contribution in [0.1, 0.15) is 26.4 Å². The number of anilines is 1. The normalized spacial score (nSPS) is 10.7. The second-order valence-electron chi connectivity index (χ2n) is 6.30. The first kappa shape index (κ1) is 18.8.